The number of hydrogen-bond acceptors (Lipinski definition) is 4. The van der Waals surface area contributed by atoms with Gasteiger partial charge in [-0.1, -0.05) is 0 Å². The van der Waals surface area contributed by atoms with Gasteiger partial charge in [0.05, 0.1) is 0 Å². The van der Waals surface area contributed by atoms with Crippen LogP contribution >= 0.6 is 0 Å². The molecule has 5 heteroatoms. The predicted molar refractivity (Wildman–Crippen MR) is 78.3 cm³/mol. The van der Waals surface area contributed by atoms with Gasteiger partial charge in [0.15, 0.2) is 0 Å². The molecule has 0 aliphatic rings. The minimum atomic E-state index is -3.57. The van der Waals surface area contributed by atoms with E-state index in [1.807, 2.05) is 0 Å². The van der Waals surface area contributed by atoms with Gasteiger partial charge in [-0.25, -0.2) is 0 Å². The van der Waals surface area contributed by atoms with Gasteiger partial charge in [0.1, 0.15) is 0 Å². The predicted octanol–water partition coefficient (Wildman–Crippen LogP) is 3.33. The van der Waals surface area contributed by atoms with E-state index in [0.717, 1.165) is 26.2 Å². The van der Waals surface area contributed by atoms with Gasteiger partial charge in [0, 0.05) is 0 Å². The molecule has 116 valence electrons. The Kier molecular flexibility index (Phi) is 9.97. The molecular formula is C14H34HfN2O2. The molecule has 4 nitrogen and oxygen atoms in total. The molecule has 0 aromatic heterocycles. The molecule has 0 atom stereocenters. The normalized spacial score (nSPS) is 13.3. The van der Waals surface area contributed by atoms with Gasteiger partial charge in [-0.05, 0) is 0 Å². The van der Waals surface area contributed by atoms with E-state index in [1.54, 1.807) is 0 Å². The van der Waals surface area contributed by atoms with Gasteiger partial charge in [-0.2, -0.15) is 0 Å². The summed E-state index contributed by atoms with van der Waals surface area (Å²) in [4.78, 5) is 0. The molecule has 0 heterocycles. The Balaban J connectivity index is 5.53. The molecule has 0 spiro atoms. The van der Waals surface area contributed by atoms with Crippen LogP contribution in [0.5, 0.6) is 0 Å². The molecule has 0 unspecified atom stereocenters. The van der Waals surface area contributed by atoms with Crippen LogP contribution in [0.2, 0.25) is 0 Å². The van der Waals surface area contributed by atoms with E-state index in [1.165, 1.54) is 0 Å². The van der Waals surface area contributed by atoms with Crippen LogP contribution in [0.4, 0.5) is 0 Å². The van der Waals surface area contributed by atoms with E-state index in [9.17, 15) is 0 Å². The van der Waals surface area contributed by atoms with Crippen molar-refractivity contribution < 1.29 is 27.1 Å². The third-order valence-electron chi connectivity index (χ3n) is 3.10. The first-order chi connectivity index (χ1) is 8.87. The Bertz CT molecular complexity index is 205. The molecule has 0 saturated heterocycles. The van der Waals surface area contributed by atoms with Crippen LogP contribution in [-0.4, -0.2) is 44.2 Å². The van der Waals surface area contributed by atoms with Crippen molar-refractivity contribution in [1.82, 2.24) is 5.78 Å². The van der Waals surface area contributed by atoms with Crippen molar-refractivity contribution in [2.75, 3.05) is 26.2 Å². The van der Waals surface area contributed by atoms with Crippen LogP contribution in [-0.2, 0) is 27.1 Å². The van der Waals surface area contributed by atoms with Crippen LogP contribution < -0.4 is 0 Å². The number of nitrogens with zero attached hydrogens (tertiary/aromatic N) is 2. The Labute approximate surface area is 126 Å². The van der Waals surface area contributed by atoms with Crippen LogP contribution in [0, 0.1) is 0 Å². The molecular weight excluding hydrogens is 407 g/mol. The number of hydrogen-bond donors (Lipinski definition) is 0. The first-order valence-electron chi connectivity index (χ1n) is 7.73. The van der Waals surface area contributed by atoms with Crippen LogP contribution in [0.25, 0.3) is 0 Å². The zero-order chi connectivity index (χ0) is 15.1. The average Bonchev–Trinajstić information content (AvgIpc) is 2.30. The van der Waals surface area contributed by atoms with Crippen LogP contribution in [0.3, 0.4) is 0 Å². The summed E-state index contributed by atoms with van der Waals surface area (Å²) in [6, 6.07) is 0. The van der Waals surface area contributed by atoms with Gasteiger partial charge in [0.25, 0.3) is 0 Å². The molecule has 0 bridgehead atoms. The Morgan fingerprint density at radius 1 is 0.684 bits per heavy atom. The van der Waals surface area contributed by atoms with Gasteiger partial charge >= 0.3 is 127 Å². The van der Waals surface area contributed by atoms with Crippen molar-refractivity contribution >= 4 is 0 Å². The third-order valence-corrected chi connectivity index (χ3v) is 19.0. The Hall–Kier alpha value is 0.710. The van der Waals surface area contributed by atoms with Crippen molar-refractivity contribution in [2.45, 2.75) is 67.6 Å². The fourth-order valence-electron chi connectivity index (χ4n) is 2.39. The standard InChI is InChI=1S/2C4H10N.2C3H7O.Hf/c2*1-3-5-4-2;2*1-3(2)4;/h2*3-4H2,1-2H3;2*3H,1-2H3;/q4*-1;+4. The second kappa shape index (κ2) is 9.61. The van der Waals surface area contributed by atoms with Crippen molar-refractivity contribution in [3.8, 4) is 0 Å². The molecule has 0 fully saturated rings. The topological polar surface area (TPSA) is 24.9 Å². The van der Waals surface area contributed by atoms with E-state index in [2.05, 4.69) is 61.2 Å². The molecule has 0 N–H and O–H groups in total. The summed E-state index contributed by atoms with van der Waals surface area (Å²) >= 11 is -3.57. The van der Waals surface area contributed by atoms with E-state index >= 15 is 0 Å². The maximum absolute atomic E-state index is 6.49. The molecule has 0 amide bonds. The van der Waals surface area contributed by atoms with Crippen LogP contribution in [0.15, 0.2) is 0 Å². The van der Waals surface area contributed by atoms with Crippen molar-refractivity contribution in [3.05, 3.63) is 0 Å². The molecule has 0 radical (unpaired) electrons. The van der Waals surface area contributed by atoms with Crippen molar-refractivity contribution in [3.63, 3.8) is 0 Å². The quantitative estimate of drug-likeness (QED) is 0.486. The summed E-state index contributed by atoms with van der Waals surface area (Å²) < 4.78 is 17.9. The summed E-state index contributed by atoms with van der Waals surface area (Å²) in [6.45, 7) is 21.3. The Morgan fingerprint density at radius 2 is 0.947 bits per heavy atom. The van der Waals surface area contributed by atoms with E-state index in [0.29, 0.717) is 0 Å². The summed E-state index contributed by atoms with van der Waals surface area (Å²) in [5, 5.41) is 0. The zero-order valence-corrected chi connectivity index (χ0v) is 17.8. The third kappa shape index (κ3) is 5.54. The maximum atomic E-state index is 6.49. The zero-order valence-electron chi connectivity index (χ0n) is 14.2. The summed E-state index contributed by atoms with van der Waals surface area (Å²) in [7, 11) is 0. The van der Waals surface area contributed by atoms with Crippen molar-refractivity contribution in [2.24, 2.45) is 0 Å². The minimum absolute atomic E-state index is 0.210. The molecule has 19 heavy (non-hydrogen) atoms. The monoisotopic (exact) mass is 442 g/mol. The van der Waals surface area contributed by atoms with E-state index in [-0.39, 0.29) is 12.2 Å². The van der Waals surface area contributed by atoms with Gasteiger partial charge < -0.3 is 0 Å². The summed E-state index contributed by atoms with van der Waals surface area (Å²) in [5.74, 6) is 0. The van der Waals surface area contributed by atoms with Gasteiger partial charge in [0.2, 0.25) is 0 Å². The first-order valence-corrected chi connectivity index (χ1v) is 13.9. The number of rotatable bonds is 10. The molecule has 0 rings (SSSR count). The fraction of sp³-hybridized carbons (Fsp3) is 1.00. The van der Waals surface area contributed by atoms with Crippen LogP contribution in [0.1, 0.15) is 55.4 Å². The van der Waals surface area contributed by atoms with Gasteiger partial charge in [-0.3, -0.25) is 0 Å². The molecule has 0 aliphatic heterocycles. The SMILES string of the molecule is CC[N](CC)[Hf]([O]C(C)C)([O]C(C)C)[N](CC)CC. The second-order valence-electron chi connectivity index (χ2n) is 5.23. The molecule has 0 saturated carbocycles. The summed E-state index contributed by atoms with van der Waals surface area (Å²) in [5.41, 5.74) is 0. The Morgan fingerprint density at radius 3 is 1.11 bits per heavy atom. The van der Waals surface area contributed by atoms with E-state index in [4.69, 9.17) is 5.71 Å². The van der Waals surface area contributed by atoms with Crippen molar-refractivity contribution in [1.29, 1.82) is 0 Å². The second-order valence-corrected chi connectivity index (χ2v) is 15.4. The van der Waals surface area contributed by atoms with E-state index < -0.39 is 21.4 Å². The molecule has 0 aromatic carbocycles. The molecule has 0 aromatic rings. The fourth-order valence-corrected chi connectivity index (χ4v) is 16.3. The summed E-state index contributed by atoms with van der Waals surface area (Å²) in [6.07, 6.45) is 0.420. The average molecular weight is 441 g/mol. The van der Waals surface area contributed by atoms with Gasteiger partial charge in [-0.15, -0.1) is 0 Å². The molecule has 0 aliphatic carbocycles. The first kappa shape index (κ1) is 19.7.